The van der Waals surface area contributed by atoms with Crippen molar-refractivity contribution in [2.24, 2.45) is 0 Å². The molecule has 2 rings (SSSR count). The van der Waals surface area contributed by atoms with E-state index >= 15 is 0 Å². The predicted molar refractivity (Wildman–Crippen MR) is 62.9 cm³/mol. The SMILES string of the molecule is O=C(O)c1ccc(OCn2ccc([N+](=O)[O-])n2)cc1. The summed E-state index contributed by atoms with van der Waals surface area (Å²) in [6.45, 7) is 0.000256. The number of benzene rings is 1. The number of aromatic carboxylic acids is 1. The van der Waals surface area contributed by atoms with Crippen LogP contribution >= 0.6 is 0 Å². The Labute approximate surface area is 107 Å². The summed E-state index contributed by atoms with van der Waals surface area (Å²) in [7, 11) is 0. The number of carboxylic acid groups (broad SMARTS) is 1. The summed E-state index contributed by atoms with van der Waals surface area (Å²) < 4.78 is 6.57. The number of carboxylic acids is 1. The summed E-state index contributed by atoms with van der Waals surface area (Å²) >= 11 is 0. The minimum absolute atomic E-state index is 0.000256. The number of nitrogens with zero attached hydrogens (tertiary/aromatic N) is 3. The number of rotatable bonds is 5. The molecule has 8 nitrogen and oxygen atoms in total. The Hall–Kier alpha value is -2.90. The van der Waals surface area contributed by atoms with Gasteiger partial charge in [0.05, 0.1) is 22.9 Å². The van der Waals surface area contributed by atoms with E-state index in [2.05, 4.69) is 5.10 Å². The Morgan fingerprint density at radius 1 is 1.37 bits per heavy atom. The average Bonchev–Trinajstić information content (AvgIpc) is 2.86. The lowest BCUT2D eigenvalue weighted by Crippen LogP contribution is -2.06. The predicted octanol–water partition coefficient (Wildman–Crippen LogP) is 1.53. The molecule has 0 aliphatic heterocycles. The summed E-state index contributed by atoms with van der Waals surface area (Å²) in [6.07, 6.45) is 1.42. The standard InChI is InChI=1S/C11H9N3O5/c15-11(16)8-1-3-9(4-2-8)19-7-13-6-5-10(12-13)14(17)18/h1-6H,7H2,(H,15,16). The summed E-state index contributed by atoms with van der Waals surface area (Å²) in [5.41, 5.74) is 0.155. The van der Waals surface area contributed by atoms with Gasteiger partial charge in [0.1, 0.15) is 5.75 Å². The number of nitro groups is 1. The molecule has 0 aliphatic rings. The van der Waals surface area contributed by atoms with E-state index in [1.165, 1.54) is 41.2 Å². The third kappa shape index (κ3) is 3.06. The van der Waals surface area contributed by atoms with E-state index in [0.717, 1.165) is 0 Å². The van der Waals surface area contributed by atoms with Gasteiger partial charge in [0, 0.05) is 0 Å². The van der Waals surface area contributed by atoms with Gasteiger partial charge in [-0.05, 0) is 29.2 Å². The molecule has 0 saturated heterocycles. The van der Waals surface area contributed by atoms with Gasteiger partial charge in [-0.15, -0.1) is 4.68 Å². The molecule has 19 heavy (non-hydrogen) atoms. The van der Waals surface area contributed by atoms with E-state index in [9.17, 15) is 14.9 Å². The zero-order valence-electron chi connectivity index (χ0n) is 9.59. The maximum atomic E-state index is 10.6. The molecule has 0 unspecified atom stereocenters. The average molecular weight is 263 g/mol. The smallest absolute Gasteiger partial charge is 0.390 e. The third-order valence-corrected chi connectivity index (χ3v) is 2.28. The van der Waals surface area contributed by atoms with Crippen LogP contribution in [-0.4, -0.2) is 25.8 Å². The Balaban J connectivity index is 1.97. The minimum Gasteiger partial charge on any atom is -0.478 e. The van der Waals surface area contributed by atoms with Gasteiger partial charge in [-0.2, -0.15) is 0 Å². The molecule has 1 heterocycles. The molecule has 0 spiro atoms. The molecule has 0 saturated carbocycles. The number of hydrogen-bond acceptors (Lipinski definition) is 5. The number of carbonyl (C=O) groups is 1. The van der Waals surface area contributed by atoms with Crippen LogP contribution in [0.1, 0.15) is 10.4 Å². The van der Waals surface area contributed by atoms with Crippen LogP contribution in [0.15, 0.2) is 36.5 Å². The number of hydrogen-bond donors (Lipinski definition) is 1. The second-order valence-corrected chi connectivity index (χ2v) is 3.57. The van der Waals surface area contributed by atoms with Crippen LogP contribution in [-0.2, 0) is 6.73 Å². The largest absolute Gasteiger partial charge is 0.478 e. The Kier molecular flexibility index (Phi) is 3.42. The number of aromatic nitrogens is 2. The molecule has 0 radical (unpaired) electrons. The van der Waals surface area contributed by atoms with E-state index in [0.29, 0.717) is 5.75 Å². The van der Waals surface area contributed by atoms with Gasteiger partial charge >= 0.3 is 11.8 Å². The second kappa shape index (κ2) is 5.17. The van der Waals surface area contributed by atoms with Crippen LogP contribution in [0.3, 0.4) is 0 Å². The lowest BCUT2D eigenvalue weighted by atomic mass is 10.2. The van der Waals surface area contributed by atoms with Gasteiger partial charge in [-0.3, -0.25) is 0 Å². The molecule has 8 heteroatoms. The van der Waals surface area contributed by atoms with Gasteiger partial charge in [0.15, 0.2) is 0 Å². The summed E-state index contributed by atoms with van der Waals surface area (Å²) in [5.74, 6) is -0.831. The fourth-order valence-corrected chi connectivity index (χ4v) is 1.35. The third-order valence-electron chi connectivity index (χ3n) is 2.28. The first-order chi connectivity index (χ1) is 9.06. The zero-order valence-corrected chi connectivity index (χ0v) is 9.59. The monoisotopic (exact) mass is 263 g/mol. The maximum absolute atomic E-state index is 10.6. The van der Waals surface area contributed by atoms with Crippen LogP contribution in [0, 0.1) is 10.1 Å². The van der Waals surface area contributed by atoms with E-state index in [1.807, 2.05) is 0 Å². The molecule has 1 aromatic carbocycles. The molecule has 0 atom stereocenters. The van der Waals surface area contributed by atoms with Gasteiger partial charge < -0.3 is 20.0 Å². The van der Waals surface area contributed by atoms with E-state index in [-0.39, 0.29) is 18.1 Å². The van der Waals surface area contributed by atoms with E-state index < -0.39 is 10.9 Å². The van der Waals surface area contributed by atoms with Crippen LogP contribution in [0.25, 0.3) is 0 Å². The molecule has 98 valence electrons. The highest BCUT2D eigenvalue weighted by Gasteiger charge is 2.10. The minimum atomic E-state index is -1.02. The molecule has 0 bridgehead atoms. The van der Waals surface area contributed by atoms with E-state index in [1.54, 1.807) is 0 Å². The highest BCUT2D eigenvalue weighted by Crippen LogP contribution is 2.13. The van der Waals surface area contributed by atoms with Crippen LogP contribution in [0.4, 0.5) is 5.82 Å². The topological polar surface area (TPSA) is 107 Å². The first kappa shape index (κ1) is 12.6. The number of ether oxygens (including phenoxy) is 1. The Morgan fingerprint density at radius 3 is 2.58 bits per heavy atom. The second-order valence-electron chi connectivity index (χ2n) is 3.57. The van der Waals surface area contributed by atoms with Crippen molar-refractivity contribution in [3.63, 3.8) is 0 Å². The molecule has 1 N–H and O–H groups in total. The normalized spacial score (nSPS) is 10.1. The van der Waals surface area contributed by atoms with Crippen molar-refractivity contribution in [3.05, 3.63) is 52.2 Å². The zero-order chi connectivity index (χ0) is 13.8. The summed E-state index contributed by atoms with van der Waals surface area (Å²) in [5, 5.41) is 22.8. The van der Waals surface area contributed by atoms with E-state index in [4.69, 9.17) is 9.84 Å². The van der Waals surface area contributed by atoms with Crippen molar-refractivity contribution in [2.45, 2.75) is 6.73 Å². The molecule has 2 aromatic rings. The maximum Gasteiger partial charge on any atom is 0.390 e. The van der Waals surface area contributed by atoms with Crippen molar-refractivity contribution in [1.82, 2.24) is 9.78 Å². The van der Waals surface area contributed by atoms with Gasteiger partial charge in [0.2, 0.25) is 6.73 Å². The first-order valence-corrected chi connectivity index (χ1v) is 5.20. The van der Waals surface area contributed by atoms with Crippen molar-refractivity contribution < 1.29 is 19.6 Å². The molecule has 0 aliphatic carbocycles. The fourth-order valence-electron chi connectivity index (χ4n) is 1.35. The fraction of sp³-hybridized carbons (Fsp3) is 0.0909. The Bertz CT molecular complexity index is 605. The van der Waals surface area contributed by atoms with Crippen molar-refractivity contribution in [3.8, 4) is 5.75 Å². The highest BCUT2D eigenvalue weighted by atomic mass is 16.6. The quantitative estimate of drug-likeness (QED) is 0.647. The summed E-state index contributed by atoms with van der Waals surface area (Å²) in [4.78, 5) is 20.5. The molecular weight excluding hydrogens is 254 g/mol. The van der Waals surface area contributed by atoms with Crippen LogP contribution in [0.2, 0.25) is 0 Å². The van der Waals surface area contributed by atoms with Crippen molar-refractivity contribution in [1.29, 1.82) is 0 Å². The highest BCUT2D eigenvalue weighted by molar-refractivity contribution is 5.87. The van der Waals surface area contributed by atoms with Crippen LogP contribution < -0.4 is 4.74 Å². The van der Waals surface area contributed by atoms with Crippen molar-refractivity contribution >= 4 is 11.8 Å². The summed E-state index contributed by atoms with van der Waals surface area (Å²) in [6, 6.07) is 7.08. The molecule has 1 aromatic heterocycles. The molecular formula is C11H9N3O5. The van der Waals surface area contributed by atoms with Crippen molar-refractivity contribution in [2.75, 3.05) is 0 Å². The Morgan fingerprint density at radius 2 is 2.05 bits per heavy atom. The van der Waals surface area contributed by atoms with Gasteiger partial charge in [-0.1, -0.05) is 0 Å². The molecule has 0 fully saturated rings. The lowest BCUT2D eigenvalue weighted by Gasteiger charge is -2.03. The van der Waals surface area contributed by atoms with Gasteiger partial charge in [0.25, 0.3) is 0 Å². The molecule has 0 amide bonds. The lowest BCUT2D eigenvalue weighted by molar-refractivity contribution is -0.389. The van der Waals surface area contributed by atoms with Gasteiger partial charge in [-0.25, -0.2) is 4.79 Å². The first-order valence-electron chi connectivity index (χ1n) is 5.20. The van der Waals surface area contributed by atoms with Crippen LogP contribution in [0.5, 0.6) is 5.75 Å².